The van der Waals surface area contributed by atoms with Gasteiger partial charge in [0.05, 0.1) is 0 Å². The normalized spacial score (nSPS) is 26.3. The number of benzene rings is 1. The summed E-state index contributed by atoms with van der Waals surface area (Å²) in [6, 6.07) is 4.97. The Labute approximate surface area is 76.4 Å². The fraction of sp³-hybridized carbons (Fsp3) is 0.400. The summed E-state index contributed by atoms with van der Waals surface area (Å²) >= 11 is 0. The van der Waals surface area contributed by atoms with E-state index in [-0.39, 0.29) is 5.75 Å². The van der Waals surface area contributed by atoms with E-state index in [4.69, 9.17) is 0 Å². The fourth-order valence-electron chi connectivity index (χ4n) is 1.62. The Morgan fingerprint density at radius 2 is 2.31 bits per heavy atom. The molecule has 1 unspecified atom stereocenters. The SMILES string of the molecule is CC1(F)CNc2cc(O)ccc2C1. The van der Waals surface area contributed by atoms with Crippen molar-refractivity contribution >= 4 is 5.69 Å². The number of nitrogens with one attached hydrogen (secondary N) is 1. The molecule has 0 fully saturated rings. The van der Waals surface area contributed by atoms with Crippen LogP contribution in [-0.4, -0.2) is 17.3 Å². The van der Waals surface area contributed by atoms with Crippen molar-refractivity contribution in [1.82, 2.24) is 0 Å². The molecule has 0 aliphatic carbocycles. The Kier molecular flexibility index (Phi) is 1.68. The van der Waals surface area contributed by atoms with E-state index in [1.165, 1.54) is 0 Å². The molecule has 0 spiro atoms. The second-order valence-electron chi connectivity index (χ2n) is 3.79. The predicted molar refractivity (Wildman–Crippen MR) is 49.8 cm³/mol. The van der Waals surface area contributed by atoms with Gasteiger partial charge in [-0.2, -0.15) is 0 Å². The lowest BCUT2D eigenvalue weighted by Gasteiger charge is -2.28. The van der Waals surface area contributed by atoms with Crippen LogP contribution in [0.1, 0.15) is 12.5 Å². The molecule has 0 saturated carbocycles. The van der Waals surface area contributed by atoms with Gasteiger partial charge in [-0.15, -0.1) is 0 Å². The Balaban J connectivity index is 2.37. The summed E-state index contributed by atoms with van der Waals surface area (Å²) in [7, 11) is 0. The molecule has 0 radical (unpaired) electrons. The van der Waals surface area contributed by atoms with E-state index in [2.05, 4.69) is 5.32 Å². The molecule has 13 heavy (non-hydrogen) atoms. The molecular formula is C10H12FNO. The van der Waals surface area contributed by atoms with Crippen molar-refractivity contribution in [2.75, 3.05) is 11.9 Å². The summed E-state index contributed by atoms with van der Waals surface area (Å²) in [5, 5.41) is 12.1. The first-order chi connectivity index (χ1) is 6.07. The highest BCUT2D eigenvalue weighted by Gasteiger charge is 2.28. The van der Waals surface area contributed by atoms with Gasteiger partial charge in [0.25, 0.3) is 0 Å². The van der Waals surface area contributed by atoms with E-state index in [1.54, 1.807) is 25.1 Å². The molecule has 2 rings (SSSR count). The van der Waals surface area contributed by atoms with Crippen LogP contribution < -0.4 is 5.32 Å². The highest BCUT2D eigenvalue weighted by molar-refractivity contribution is 5.57. The van der Waals surface area contributed by atoms with Gasteiger partial charge >= 0.3 is 0 Å². The zero-order valence-electron chi connectivity index (χ0n) is 7.47. The molecule has 1 atom stereocenters. The molecule has 70 valence electrons. The highest BCUT2D eigenvalue weighted by Crippen LogP contribution is 2.31. The number of hydrogen-bond donors (Lipinski definition) is 2. The van der Waals surface area contributed by atoms with Gasteiger partial charge < -0.3 is 10.4 Å². The average Bonchev–Trinajstić information content (AvgIpc) is 2.05. The zero-order valence-corrected chi connectivity index (χ0v) is 7.47. The highest BCUT2D eigenvalue weighted by atomic mass is 19.1. The van der Waals surface area contributed by atoms with Crippen LogP contribution in [0.5, 0.6) is 5.75 Å². The molecule has 1 aromatic rings. The maximum Gasteiger partial charge on any atom is 0.129 e. The Bertz CT molecular complexity index is 336. The molecule has 1 aliphatic rings. The van der Waals surface area contributed by atoms with Crippen LogP contribution in [0.2, 0.25) is 0 Å². The van der Waals surface area contributed by atoms with Crippen LogP contribution in [-0.2, 0) is 6.42 Å². The monoisotopic (exact) mass is 181 g/mol. The lowest BCUT2D eigenvalue weighted by atomic mass is 9.93. The van der Waals surface area contributed by atoms with Gasteiger partial charge in [-0.3, -0.25) is 0 Å². The van der Waals surface area contributed by atoms with E-state index < -0.39 is 5.67 Å². The molecule has 0 amide bonds. The van der Waals surface area contributed by atoms with Gasteiger partial charge in [0.15, 0.2) is 0 Å². The van der Waals surface area contributed by atoms with Crippen LogP contribution in [0.15, 0.2) is 18.2 Å². The summed E-state index contributed by atoms with van der Waals surface area (Å²) in [4.78, 5) is 0. The van der Waals surface area contributed by atoms with Gasteiger partial charge in [0, 0.05) is 24.7 Å². The molecule has 1 aliphatic heterocycles. The van der Waals surface area contributed by atoms with Crippen molar-refractivity contribution in [2.24, 2.45) is 0 Å². The number of alkyl halides is 1. The molecule has 2 nitrogen and oxygen atoms in total. The summed E-state index contributed by atoms with van der Waals surface area (Å²) < 4.78 is 13.5. The van der Waals surface area contributed by atoms with Crippen molar-refractivity contribution < 1.29 is 9.50 Å². The van der Waals surface area contributed by atoms with Crippen molar-refractivity contribution in [3.63, 3.8) is 0 Å². The summed E-state index contributed by atoms with van der Waals surface area (Å²) in [5.41, 5.74) is 0.591. The summed E-state index contributed by atoms with van der Waals surface area (Å²) in [5.74, 6) is 0.216. The molecule has 1 heterocycles. The van der Waals surface area contributed by atoms with Gasteiger partial charge in [-0.25, -0.2) is 4.39 Å². The lowest BCUT2D eigenvalue weighted by Crippen LogP contribution is -2.35. The van der Waals surface area contributed by atoms with E-state index in [9.17, 15) is 9.50 Å². The Morgan fingerprint density at radius 1 is 1.54 bits per heavy atom. The predicted octanol–water partition coefficient (Wildman–Crippen LogP) is 2.09. The lowest BCUT2D eigenvalue weighted by molar-refractivity contribution is 0.202. The molecule has 3 heteroatoms. The summed E-state index contributed by atoms with van der Waals surface area (Å²) in [6.07, 6.45) is 0.412. The van der Waals surface area contributed by atoms with Gasteiger partial charge in [-0.05, 0) is 18.6 Å². The van der Waals surface area contributed by atoms with Crippen LogP contribution >= 0.6 is 0 Å². The third-order valence-corrected chi connectivity index (χ3v) is 2.30. The molecule has 2 N–H and O–H groups in total. The van der Waals surface area contributed by atoms with E-state index in [1.807, 2.05) is 0 Å². The summed E-state index contributed by atoms with van der Waals surface area (Å²) in [6.45, 7) is 1.89. The van der Waals surface area contributed by atoms with Crippen molar-refractivity contribution in [2.45, 2.75) is 19.0 Å². The van der Waals surface area contributed by atoms with E-state index in [0.29, 0.717) is 13.0 Å². The topological polar surface area (TPSA) is 32.3 Å². The minimum atomic E-state index is -1.18. The third kappa shape index (κ3) is 1.59. The fourth-order valence-corrected chi connectivity index (χ4v) is 1.62. The Morgan fingerprint density at radius 3 is 3.08 bits per heavy atom. The minimum Gasteiger partial charge on any atom is -0.508 e. The second-order valence-corrected chi connectivity index (χ2v) is 3.79. The molecule has 0 aromatic heterocycles. The number of anilines is 1. The van der Waals surface area contributed by atoms with E-state index in [0.717, 1.165) is 11.3 Å². The average molecular weight is 181 g/mol. The van der Waals surface area contributed by atoms with Gasteiger partial charge in [0.2, 0.25) is 0 Å². The first kappa shape index (κ1) is 8.35. The van der Waals surface area contributed by atoms with E-state index >= 15 is 0 Å². The quantitative estimate of drug-likeness (QED) is 0.642. The maximum atomic E-state index is 13.5. The van der Waals surface area contributed by atoms with Crippen molar-refractivity contribution in [1.29, 1.82) is 0 Å². The zero-order chi connectivity index (χ0) is 9.47. The van der Waals surface area contributed by atoms with Gasteiger partial charge in [-0.1, -0.05) is 6.07 Å². The number of phenols is 1. The first-order valence-electron chi connectivity index (χ1n) is 4.31. The number of rotatable bonds is 0. The van der Waals surface area contributed by atoms with Crippen LogP contribution in [0, 0.1) is 0 Å². The van der Waals surface area contributed by atoms with Crippen molar-refractivity contribution in [3.05, 3.63) is 23.8 Å². The standard InChI is InChI=1S/C10H12FNO/c1-10(11)5-7-2-3-8(13)4-9(7)12-6-10/h2-4,12-13H,5-6H2,1H3. The second kappa shape index (κ2) is 2.62. The van der Waals surface area contributed by atoms with Gasteiger partial charge in [0.1, 0.15) is 11.4 Å². The number of halogens is 1. The molecule has 1 aromatic carbocycles. The third-order valence-electron chi connectivity index (χ3n) is 2.30. The molecule has 0 saturated heterocycles. The van der Waals surface area contributed by atoms with Crippen LogP contribution in [0.25, 0.3) is 0 Å². The van der Waals surface area contributed by atoms with Crippen LogP contribution in [0.4, 0.5) is 10.1 Å². The minimum absolute atomic E-state index is 0.216. The van der Waals surface area contributed by atoms with Crippen LogP contribution in [0.3, 0.4) is 0 Å². The van der Waals surface area contributed by atoms with Crippen molar-refractivity contribution in [3.8, 4) is 5.75 Å². The largest absolute Gasteiger partial charge is 0.508 e. The smallest absolute Gasteiger partial charge is 0.129 e. The molecule has 0 bridgehead atoms. The molecular weight excluding hydrogens is 169 g/mol. The number of fused-ring (bicyclic) bond motifs is 1. The maximum absolute atomic E-state index is 13.5. The number of hydrogen-bond acceptors (Lipinski definition) is 2. The number of phenolic OH excluding ortho intramolecular Hbond substituents is 1. The number of aromatic hydroxyl groups is 1. The first-order valence-corrected chi connectivity index (χ1v) is 4.31. The Hall–Kier alpha value is -1.25.